The van der Waals surface area contributed by atoms with Crippen molar-refractivity contribution in [2.24, 2.45) is 11.1 Å². The molecule has 60 valence electrons. The highest BCUT2D eigenvalue weighted by molar-refractivity contribution is 5.94. The predicted molar refractivity (Wildman–Crippen MR) is 43.4 cm³/mol. The maximum Gasteiger partial charge on any atom is 0.241 e. The van der Waals surface area contributed by atoms with E-state index in [9.17, 15) is 4.79 Å². The predicted octanol–water partition coefficient (Wildman–Crippen LogP) is 0.848. The molecule has 1 saturated carbocycles. The van der Waals surface area contributed by atoms with Gasteiger partial charge in [-0.05, 0) is 23.8 Å². The lowest BCUT2D eigenvalue weighted by molar-refractivity contribution is -0.113. The molecule has 1 aliphatic rings. The third kappa shape index (κ3) is 1.67. The van der Waals surface area contributed by atoms with E-state index in [1.807, 2.05) is 6.92 Å². The lowest BCUT2D eigenvalue weighted by Crippen LogP contribution is -2.11. The molecule has 3 N–H and O–H groups in total. The lowest BCUT2D eigenvalue weighted by Gasteiger charge is -2.06. The van der Waals surface area contributed by atoms with E-state index >= 15 is 0 Å². The minimum absolute atomic E-state index is 0.0662. The first-order valence-electron chi connectivity index (χ1n) is 3.60. The van der Waals surface area contributed by atoms with E-state index < -0.39 is 5.91 Å². The highest BCUT2D eigenvalue weighted by Gasteiger charge is 2.40. The number of primary amides is 1. The Bertz CT molecular complexity index is 226. The van der Waals surface area contributed by atoms with E-state index in [-0.39, 0.29) is 5.41 Å². The van der Waals surface area contributed by atoms with Gasteiger partial charge in [0.15, 0.2) is 0 Å². The lowest BCUT2D eigenvalue weighted by atomic mass is 9.99. The van der Waals surface area contributed by atoms with Crippen LogP contribution in [0.1, 0.15) is 19.8 Å². The Hall–Kier alpha value is -1.12. The van der Waals surface area contributed by atoms with Gasteiger partial charge in [0.1, 0.15) is 0 Å². The van der Waals surface area contributed by atoms with Crippen LogP contribution in [0, 0.1) is 10.8 Å². The second-order valence-corrected chi connectivity index (χ2v) is 3.21. The van der Waals surface area contributed by atoms with Crippen LogP contribution in [0.3, 0.4) is 0 Å². The fourth-order valence-corrected chi connectivity index (χ4v) is 1.02. The first-order valence-corrected chi connectivity index (χ1v) is 3.60. The first-order chi connectivity index (χ1) is 5.08. The molecule has 0 aromatic carbocycles. The molecule has 0 unspecified atom stereocenters. The van der Waals surface area contributed by atoms with E-state index in [1.54, 1.807) is 0 Å². The van der Waals surface area contributed by atoms with E-state index in [2.05, 4.69) is 0 Å². The summed E-state index contributed by atoms with van der Waals surface area (Å²) in [6, 6.07) is 0. The van der Waals surface area contributed by atoms with Crippen LogP contribution in [-0.2, 0) is 4.79 Å². The third-order valence-corrected chi connectivity index (χ3v) is 2.15. The normalized spacial score (nSPS) is 21.0. The van der Waals surface area contributed by atoms with Gasteiger partial charge in [0.25, 0.3) is 0 Å². The molecule has 0 aromatic heterocycles. The van der Waals surface area contributed by atoms with Crippen LogP contribution in [0.4, 0.5) is 0 Å². The molecular formula is C8H12N2O. The number of hydrogen-bond donors (Lipinski definition) is 2. The monoisotopic (exact) mass is 152 g/mol. The van der Waals surface area contributed by atoms with Crippen molar-refractivity contribution in [3.8, 4) is 0 Å². The molecule has 0 saturated heterocycles. The summed E-state index contributed by atoms with van der Waals surface area (Å²) in [6.45, 7) is 2.03. The smallest absolute Gasteiger partial charge is 0.241 e. The van der Waals surface area contributed by atoms with Crippen LogP contribution in [0.2, 0.25) is 0 Å². The minimum atomic E-state index is -0.461. The average molecular weight is 152 g/mol. The Labute approximate surface area is 65.8 Å². The van der Waals surface area contributed by atoms with E-state index in [0.717, 1.165) is 18.4 Å². The molecule has 0 atom stereocenters. The number of carbonyl (C=O) groups excluding carboxylic acids is 1. The van der Waals surface area contributed by atoms with Crippen molar-refractivity contribution in [2.75, 3.05) is 0 Å². The van der Waals surface area contributed by atoms with E-state index in [0.29, 0.717) is 0 Å². The minimum Gasteiger partial charge on any atom is -0.366 e. The van der Waals surface area contributed by atoms with Gasteiger partial charge in [-0.1, -0.05) is 6.92 Å². The number of nitrogens with two attached hydrogens (primary N) is 1. The summed E-state index contributed by atoms with van der Waals surface area (Å²) in [5.41, 5.74) is 5.80. The van der Waals surface area contributed by atoms with Gasteiger partial charge in [-0.2, -0.15) is 0 Å². The van der Waals surface area contributed by atoms with Crippen molar-refractivity contribution in [2.45, 2.75) is 19.8 Å². The van der Waals surface area contributed by atoms with Crippen LogP contribution in [0.15, 0.2) is 11.6 Å². The zero-order valence-electron chi connectivity index (χ0n) is 6.55. The Kier molecular flexibility index (Phi) is 1.81. The fourth-order valence-electron chi connectivity index (χ4n) is 1.02. The quantitative estimate of drug-likeness (QED) is 0.457. The molecule has 1 amide bonds. The zero-order chi connectivity index (χ0) is 8.48. The Morgan fingerprint density at radius 1 is 1.64 bits per heavy atom. The van der Waals surface area contributed by atoms with Crippen molar-refractivity contribution < 1.29 is 4.79 Å². The van der Waals surface area contributed by atoms with Gasteiger partial charge in [-0.15, -0.1) is 0 Å². The van der Waals surface area contributed by atoms with Gasteiger partial charge in [0.2, 0.25) is 5.91 Å². The third-order valence-electron chi connectivity index (χ3n) is 2.15. The molecule has 0 aromatic rings. The van der Waals surface area contributed by atoms with Crippen molar-refractivity contribution in [3.05, 3.63) is 11.6 Å². The topological polar surface area (TPSA) is 66.9 Å². The van der Waals surface area contributed by atoms with Crippen molar-refractivity contribution in [3.63, 3.8) is 0 Å². The molecule has 1 aliphatic carbocycles. The highest BCUT2D eigenvalue weighted by atomic mass is 16.1. The number of hydrogen-bond acceptors (Lipinski definition) is 2. The SMILES string of the molecule is CC1(/C(C=N)=C/C(N)=O)CC1. The van der Waals surface area contributed by atoms with E-state index in [1.165, 1.54) is 12.3 Å². The molecule has 1 rings (SSSR count). The van der Waals surface area contributed by atoms with Crippen molar-refractivity contribution >= 4 is 12.1 Å². The van der Waals surface area contributed by atoms with Gasteiger partial charge in [-0.25, -0.2) is 0 Å². The summed E-state index contributed by atoms with van der Waals surface area (Å²) in [7, 11) is 0. The Morgan fingerprint density at radius 2 is 2.18 bits per heavy atom. The number of carbonyl (C=O) groups is 1. The Morgan fingerprint density at radius 3 is 2.45 bits per heavy atom. The summed E-state index contributed by atoms with van der Waals surface area (Å²) in [5, 5.41) is 7.05. The molecule has 0 heterocycles. The second kappa shape index (κ2) is 2.49. The molecule has 11 heavy (non-hydrogen) atoms. The first kappa shape index (κ1) is 7.98. The van der Waals surface area contributed by atoms with Gasteiger partial charge in [-0.3, -0.25) is 4.79 Å². The largest absolute Gasteiger partial charge is 0.366 e. The summed E-state index contributed by atoms with van der Waals surface area (Å²) in [6.07, 6.45) is 4.68. The van der Waals surface area contributed by atoms with Crippen molar-refractivity contribution in [1.82, 2.24) is 0 Å². The molecule has 1 fully saturated rings. The number of rotatable bonds is 3. The molecule has 3 nitrogen and oxygen atoms in total. The summed E-state index contributed by atoms with van der Waals surface area (Å²) < 4.78 is 0. The summed E-state index contributed by atoms with van der Waals surface area (Å²) >= 11 is 0. The van der Waals surface area contributed by atoms with E-state index in [4.69, 9.17) is 11.1 Å². The Balaban J connectivity index is 2.78. The van der Waals surface area contributed by atoms with Gasteiger partial charge in [0, 0.05) is 12.3 Å². The molecule has 3 heteroatoms. The maximum absolute atomic E-state index is 10.5. The molecular weight excluding hydrogens is 140 g/mol. The molecule has 0 aliphatic heterocycles. The number of amides is 1. The van der Waals surface area contributed by atoms with Gasteiger partial charge in [0.05, 0.1) is 0 Å². The number of allylic oxidation sites excluding steroid dienone is 1. The molecule has 0 radical (unpaired) electrons. The van der Waals surface area contributed by atoms with Crippen LogP contribution in [-0.4, -0.2) is 12.1 Å². The van der Waals surface area contributed by atoms with Crippen molar-refractivity contribution in [1.29, 1.82) is 5.41 Å². The average Bonchev–Trinajstić information content (AvgIpc) is 2.63. The highest BCUT2D eigenvalue weighted by Crippen LogP contribution is 2.50. The second-order valence-electron chi connectivity index (χ2n) is 3.21. The van der Waals surface area contributed by atoms with Crippen LogP contribution < -0.4 is 5.73 Å². The van der Waals surface area contributed by atoms with Crippen LogP contribution in [0.5, 0.6) is 0 Å². The number of nitrogens with one attached hydrogen (secondary N) is 1. The van der Waals surface area contributed by atoms with Crippen LogP contribution >= 0.6 is 0 Å². The summed E-state index contributed by atoms with van der Waals surface area (Å²) in [5.74, 6) is -0.461. The molecule has 0 bridgehead atoms. The van der Waals surface area contributed by atoms with Crippen LogP contribution in [0.25, 0.3) is 0 Å². The maximum atomic E-state index is 10.5. The van der Waals surface area contributed by atoms with Gasteiger partial charge < -0.3 is 11.1 Å². The standard InChI is InChI=1S/C8H12N2O/c1-8(2-3-8)6(5-9)4-7(10)11/h4-5,9H,2-3H2,1H3,(H2,10,11)/b6-4+,9-5?. The van der Waals surface area contributed by atoms with Gasteiger partial charge >= 0.3 is 0 Å². The molecule has 0 spiro atoms. The zero-order valence-corrected chi connectivity index (χ0v) is 6.55. The summed E-state index contributed by atoms with van der Waals surface area (Å²) in [4.78, 5) is 10.5. The fraction of sp³-hybridized carbons (Fsp3) is 0.500.